The Morgan fingerprint density at radius 1 is 0.897 bits per heavy atom. The Hall–Kier alpha value is -3.23. The Morgan fingerprint density at radius 2 is 1.52 bits per heavy atom. The molecule has 0 unspecified atom stereocenters. The number of amides is 1. The average molecular weight is 434 g/mol. The lowest BCUT2D eigenvalue weighted by molar-refractivity contribution is 0.102. The highest BCUT2D eigenvalue weighted by Crippen LogP contribution is 2.37. The number of hydrogen-bond donors (Lipinski definition) is 4. The highest BCUT2D eigenvalue weighted by Gasteiger charge is 2.21. The Bertz CT molecular complexity index is 1210. The van der Waals surface area contributed by atoms with Crippen LogP contribution in [0, 0.1) is 6.92 Å². The summed E-state index contributed by atoms with van der Waals surface area (Å²) in [5, 5.41) is 31.3. The number of carbonyl (C=O) groups is 1. The summed E-state index contributed by atoms with van der Waals surface area (Å²) in [7, 11) is -3.85. The predicted octanol–water partition coefficient (Wildman–Crippen LogP) is 3.85. The minimum atomic E-state index is -3.85. The zero-order valence-electron chi connectivity index (χ0n) is 15.0. The van der Waals surface area contributed by atoms with Gasteiger partial charge in [0.2, 0.25) is 15.6 Å². The van der Waals surface area contributed by atoms with Gasteiger partial charge in [-0.05, 0) is 49.4 Å². The molecule has 29 heavy (non-hydrogen) atoms. The fraction of sp³-hybridized carbons (Fsp3) is 0.0500. The molecular weight excluding hydrogens is 418 g/mol. The molecule has 9 heteroatoms. The van der Waals surface area contributed by atoms with Crippen molar-refractivity contribution in [3.63, 3.8) is 0 Å². The van der Waals surface area contributed by atoms with Crippen molar-refractivity contribution in [2.75, 3.05) is 5.32 Å². The fourth-order valence-electron chi connectivity index (χ4n) is 2.56. The van der Waals surface area contributed by atoms with Crippen molar-refractivity contribution in [2.24, 2.45) is 0 Å². The summed E-state index contributed by atoms with van der Waals surface area (Å²) in [6.07, 6.45) is 0. The van der Waals surface area contributed by atoms with Crippen molar-refractivity contribution in [1.29, 1.82) is 0 Å². The molecule has 4 N–H and O–H groups in total. The number of nitrogens with one attached hydrogen (secondary N) is 1. The Balaban J connectivity index is 1.97. The van der Waals surface area contributed by atoms with E-state index in [2.05, 4.69) is 5.32 Å². The van der Waals surface area contributed by atoms with Crippen LogP contribution in [0.5, 0.6) is 17.2 Å². The number of phenols is 3. The lowest BCUT2D eigenvalue weighted by atomic mass is 10.1. The topological polar surface area (TPSA) is 124 Å². The molecule has 3 aromatic rings. The van der Waals surface area contributed by atoms with E-state index in [4.69, 9.17) is 11.6 Å². The molecule has 0 radical (unpaired) electrons. The molecule has 3 rings (SSSR count). The number of carbonyl (C=O) groups excluding carboxylic acids is 1. The first-order chi connectivity index (χ1) is 13.6. The molecule has 0 atom stereocenters. The number of halogens is 1. The predicted molar refractivity (Wildman–Crippen MR) is 107 cm³/mol. The van der Waals surface area contributed by atoms with Gasteiger partial charge in [0.15, 0.2) is 11.5 Å². The molecule has 0 spiro atoms. The van der Waals surface area contributed by atoms with Crippen molar-refractivity contribution < 1.29 is 28.5 Å². The smallest absolute Gasteiger partial charge is 0.259 e. The number of phenolic OH excluding ortho intramolecular Hbond substituents is 3. The van der Waals surface area contributed by atoms with Crippen LogP contribution in [0.25, 0.3) is 0 Å². The van der Waals surface area contributed by atoms with Crippen LogP contribution in [0.15, 0.2) is 64.4 Å². The lowest BCUT2D eigenvalue weighted by Gasteiger charge is -2.12. The molecule has 3 aromatic carbocycles. The maximum absolute atomic E-state index is 12.8. The Morgan fingerprint density at radius 3 is 2.17 bits per heavy atom. The third kappa shape index (κ3) is 3.98. The van der Waals surface area contributed by atoms with Gasteiger partial charge >= 0.3 is 0 Å². The van der Waals surface area contributed by atoms with Gasteiger partial charge in [-0.2, -0.15) is 0 Å². The normalized spacial score (nSPS) is 11.2. The number of aromatic hydroxyl groups is 3. The highest BCUT2D eigenvalue weighted by atomic mass is 35.5. The first-order valence-electron chi connectivity index (χ1n) is 8.28. The summed E-state index contributed by atoms with van der Waals surface area (Å²) in [5.74, 6) is -3.12. The first kappa shape index (κ1) is 20.5. The molecule has 0 aliphatic rings. The van der Waals surface area contributed by atoms with E-state index in [1.807, 2.05) is 6.92 Å². The van der Waals surface area contributed by atoms with Gasteiger partial charge in [0.05, 0.1) is 26.1 Å². The van der Waals surface area contributed by atoms with Crippen LogP contribution < -0.4 is 5.32 Å². The largest absolute Gasteiger partial charge is 0.504 e. The van der Waals surface area contributed by atoms with E-state index in [1.54, 1.807) is 12.1 Å². The molecular formula is C20H16ClNO6S. The summed E-state index contributed by atoms with van der Waals surface area (Å²) in [5.41, 5.74) is 0.574. The quantitative estimate of drug-likeness (QED) is 0.463. The fourth-order valence-corrected chi connectivity index (χ4v) is 4.01. The average Bonchev–Trinajstić information content (AvgIpc) is 2.68. The van der Waals surface area contributed by atoms with Gasteiger partial charge in [-0.3, -0.25) is 4.79 Å². The van der Waals surface area contributed by atoms with Gasteiger partial charge in [-0.15, -0.1) is 0 Å². The number of aryl methyl sites for hydroxylation is 1. The summed E-state index contributed by atoms with van der Waals surface area (Å²) >= 11 is 6.08. The van der Waals surface area contributed by atoms with E-state index < -0.39 is 33.0 Å². The SMILES string of the molecule is Cc1ccc(S(=O)(=O)c2ccc(Cl)c(NC(=O)c3ccc(O)c(O)c3O)c2)cc1. The van der Waals surface area contributed by atoms with Gasteiger partial charge in [-0.1, -0.05) is 29.3 Å². The molecule has 0 aliphatic heterocycles. The second-order valence-corrected chi connectivity index (χ2v) is 8.60. The molecule has 0 heterocycles. The highest BCUT2D eigenvalue weighted by molar-refractivity contribution is 7.91. The molecule has 0 fully saturated rings. The zero-order chi connectivity index (χ0) is 21.3. The van der Waals surface area contributed by atoms with Gasteiger partial charge in [0, 0.05) is 0 Å². The summed E-state index contributed by atoms with van der Waals surface area (Å²) in [4.78, 5) is 12.4. The molecule has 0 saturated carbocycles. The van der Waals surface area contributed by atoms with E-state index in [0.717, 1.165) is 17.7 Å². The summed E-state index contributed by atoms with van der Waals surface area (Å²) < 4.78 is 25.7. The summed E-state index contributed by atoms with van der Waals surface area (Å²) in [6, 6.07) is 12.3. The molecule has 150 valence electrons. The van der Waals surface area contributed by atoms with Crippen LogP contribution in [0.3, 0.4) is 0 Å². The van der Waals surface area contributed by atoms with Crippen LogP contribution in [0.1, 0.15) is 15.9 Å². The van der Waals surface area contributed by atoms with Crippen LogP contribution in [-0.2, 0) is 9.84 Å². The minimum absolute atomic E-state index is 0.00295. The molecule has 0 saturated heterocycles. The third-order valence-corrected chi connectivity index (χ3v) is 6.30. The van der Waals surface area contributed by atoms with Crippen LogP contribution in [0.2, 0.25) is 5.02 Å². The van der Waals surface area contributed by atoms with E-state index in [0.29, 0.717) is 0 Å². The van der Waals surface area contributed by atoms with Gasteiger partial charge in [-0.25, -0.2) is 8.42 Å². The van der Waals surface area contributed by atoms with Crippen LogP contribution in [-0.4, -0.2) is 29.6 Å². The second-order valence-electron chi connectivity index (χ2n) is 6.24. The minimum Gasteiger partial charge on any atom is -0.504 e. The van der Waals surface area contributed by atoms with E-state index in [-0.39, 0.29) is 26.1 Å². The third-order valence-electron chi connectivity index (χ3n) is 4.20. The Kier molecular flexibility index (Phi) is 5.41. The van der Waals surface area contributed by atoms with Gasteiger partial charge < -0.3 is 20.6 Å². The molecule has 0 bridgehead atoms. The number of benzene rings is 3. The first-order valence-corrected chi connectivity index (χ1v) is 10.1. The molecule has 0 aromatic heterocycles. The molecule has 0 aliphatic carbocycles. The molecule has 1 amide bonds. The maximum Gasteiger partial charge on any atom is 0.259 e. The monoisotopic (exact) mass is 433 g/mol. The number of rotatable bonds is 4. The number of sulfone groups is 1. The maximum atomic E-state index is 12.8. The summed E-state index contributed by atoms with van der Waals surface area (Å²) in [6.45, 7) is 1.84. The van der Waals surface area contributed by atoms with Crippen molar-refractivity contribution in [1.82, 2.24) is 0 Å². The van der Waals surface area contributed by atoms with E-state index in [9.17, 15) is 28.5 Å². The van der Waals surface area contributed by atoms with Crippen molar-refractivity contribution >= 4 is 33.0 Å². The number of hydrogen-bond acceptors (Lipinski definition) is 6. The van der Waals surface area contributed by atoms with Gasteiger partial charge in [0.25, 0.3) is 5.91 Å². The zero-order valence-corrected chi connectivity index (χ0v) is 16.6. The van der Waals surface area contributed by atoms with Crippen LogP contribution in [0.4, 0.5) is 5.69 Å². The van der Waals surface area contributed by atoms with Crippen molar-refractivity contribution in [2.45, 2.75) is 16.7 Å². The molecule has 7 nitrogen and oxygen atoms in total. The van der Waals surface area contributed by atoms with Crippen molar-refractivity contribution in [3.05, 3.63) is 70.7 Å². The second kappa shape index (κ2) is 7.65. The van der Waals surface area contributed by atoms with Crippen LogP contribution >= 0.6 is 11.6 Å². The van der Waals surface area contributed by atoms with Crippen molar-refractivity contribution in [3.8, 4) is 17.2 Å². The standard InChI is InChI=1S/C20H16ClNO6S/c1-11-2-4-12(5-3-11)29(27,28)13-6-8-15(21)16(10-13)22-20(26)14-7-9-17(23)19(25)18(14)24/h2-10,23-25H,1H3,(H,22,26). The Labute approximate surface area is 171 Å². The number of anilines is 1. The van der Waals surface area contributed by atoms with Gasteiger partial charge in [0.1, 0.15) is 0 Å². The lowest BCUT2D eigenvalue weighted by Crippen LogP contribution is -2.13. The van der Waals surface area contributed by atoms with E-state index in [1.165, 1.54) is 30.3 Å². The van der Waals surface area contributed by atoms with E-state index >= 15 is 0 Å².